The summed E-state index contributed by atoms with van der Waals surface area (Å²) in [5.74, 6) is -1.13. The van der Waals surface area contributed by atoms with Crippen LogP contribution in [0.3, 0.4) is 0 Å². The van der Waals surface area contributed by atoms with Crippen LogP contribution >= 0.6 is 0 Å². The standard InChI is InChI=1S/C21H21N3O5/c1-28-12-11-24(13-15-7-3-2-4-8-15)18(25)14-29-21(27)19-16-9-5-6-10-17(16)20(26)23-22-19/h2-10H,11-14H2,1H3,(H,23,26). The zero-order valence-electron chi connectivity index (χ0n) is 16.0. The van der Waals surface area contributed by atoms with E-state index in [4.69, 9.17) is 9.47 Å². The summed E-state index contributed by atoms with van der Waals surface area (Å²) in [6, 6.07) is 16.1. The molecule has 29 heavy (non-hydrogen) atoms. The molecule has 2 aromatic carbocycles. The van der Waals surface area contributed by atoms with Crippen LogP contribution < -0.4 is 5.56 Å². The second-order valence-corrected chi connectivity index (χ2v) is 6.32. The van der Waals surface area contributed by atoms with E-state index in [0.717, 1.165) is 5.56 Å². The maximum Gasteiger partial charge on any atom is 0.359 e. The quantitative estimate of drug-likeness (QED) is 0.583. The van der Waals surface area contributed by atoms with Gasteiger partial charge in [-0.25, -0.2) is 9.89 Å². The van der Waals surface area contributed by atoms with Gasteiger partial charge >= 0.3 is 5.97 Å². The van der Waals surface area contributed by atoms with Crippen LogP contribution in [0.25, 0.3) is 10.8 Å². The summed E-state index contributed by atoms with van der Waals surface area (Å²) in [4.78, 5) is 38.5. The molecular weight excluding hydrogens is 374 g/mol. The zero-order valence-corrected chi connectivity index (χ0v) is 16.0. The van der Waals surface area contributed by atoms with Gasteiger partial charge in [0, 0.05) is 25.6 Å². The summed E-state index contributed by atoms with van der Waals surface area (Å²) in [5, 5.41) is 6.76. The molecule has 3 rings (SSSR count). The summed E-state index contributed by atoms with van der Waals surface area (Å²) in [7, 11) is 1.55. The van der Waals surface area contributed by atoms with Crippen molar-refractivity contribution in [3.05, 3.63) is 76.2 Å². The van der Waals surface area contributed by atoms with Gasteiger partial charge in [0.25, 0.3) is 11.5 Å². The van der Waals surface area contributed by atoms with E-state index in [-0.39, 0.29) is 11.6 Å². The molecule has 8 nitrogen and oxygen atoms in total. The molecule has 0 fully saturated rings. The van der Waals surface area contributed by atoms with Crippen LogP contribution in [0.1, 0.15) is 16.1 Å². The number of amides is 1. The van der Waals surface area contributed by atoms with Crippen molar-refractivity contribution in [1.82, 2.24) is 15.1 Å². The highest BCUT2D eigenvalue weighted by atomic mass is 16.5. The molecule has 0 aliphatic rings. The van der Waals surface area contributed by atoms with Gasteiger partial charge in [0.1, 0.15) is 0 Å². The van der Waals surface area contributed by atoms with Gasteiger partial charge in [-0.05, 0) is 11.6 Å². The van der Waals surface area contributed by atoms with Crippen molar-refractivity contribution in [1.29, 1.82) is 0 Å². The van der Waals surface area contributed by atoms with E-state index in [9.17, 15) is 14.4 Å². The van der Waals surface area contributed by atoms with E-state index < -0.39 is 18.1 Å². The first kappa shape index (κ1) is 20.2. The number of aromatic nitrogens is 2. The average Bonchev–Trinajstić information content (AvgIpc) is 2.76. The van der Waals surface area contributed by atoms with E-state index in [0.29, 0.717) is 30.5 Å². The van der Waals surface area contributed by atoms with Crippen LogP contribution in [0, 0.1) is 0 Å². The second kappa shape index (κ2) is 9.61. The van der Waals surface area contributed by atoms with E-state index in [1.54, 1.807) is 36.3 Å². The van der Waals surface area contributed by atoms with Crippen molar-refractivity contribution in [2.24, 2.45) is 0 Å². The molecule has 3 aromatic rings. The van der Waals surface area contributed by atoms with Crippen molar-refractivity contribution >= 4 is 22.6 Å². The van der Waals surface area contributed by atoms with E-state index in [1.807, 2.05) is 30.3 Å². The molecule has 0 aliphatic heterocycles. The Morgan fingerprint density at radius 1 is 1.03 bits per heavy atom. The fraction of sp³-hybridized carbons (Fsp3) is 0.238. The van der Waals surface area contributed by atoms with Crippen molar-refractivity contribution in [2.75, 3.05) is 26.9 Å². The number of ether oxygens (including phenoxy) is 2. The second-order valence-electron chi connectivity index (χ2n) is 6.32. The summed E-state index contributed by atoms with van der Waals surface area (Å²) in [5.41, 5.74) is 0.512. The predicted octanol–water partition coefficient (Wildman–Crippen LogP) is 1.76. The molecule has 0 saturated heterocycles. The maximum atomic E-state index is 12.6. The van der Waals surface area contributed by atoms with Crippen molar-refractivity contribution in [2.45, 2.75) is 6.54 Å². The van der Waals surface area contributed by atoms with Gasteiger partial charge in [0.15, 0.2) is 12.3 Å². The van der Waals surface area contributed by atoms with Crippen molar-refractivity contribution < 1.29 is 19.1 Å². The molecule has 8 heteroatoms. The number of carbonyl (C=O) groups excluding carboxylic acids is 2. The monoisotopic (exact) mass is 395 g/mol. The molecule has 1 aromatic heterocycles. The third-order valence-electron chi connectivity index (χ3n) is 4.35. The van der Waals surface area contributed by atoms with Gasteiger partial charge in [-0.1, -0.05) is 48.5 Å². The predicted molar refractivity (Wildman–Crippen MR) is 106 cm³/mol. The lowest BCUT2D eigenvalue weighted by molar-refractivity contribution is -0.135. The number of benzene rings is 2. The lowest BCUT2D eigenvalue weighted by atomic mass is 10.1. The third kappa shape index (κ3) is 5.05. The molecule has 0 saturated carbocycles. The number of hydrogen-bond donors (Lipinski definition) is 1. The van der Waals surface area contributed by atoms with Gasteiger partial charge in [-0.2, -0.15) is 5.10 Å². The molecule has 0 radical (unpaired) electrons. The number of nitrogens with one attached hydrogen (secondary N) is 1. The van der Waals surface area contributed by atoms with Crippen LogP contribution in [0.5, 0.6) is 0 Å². The van der Waals surface area contributed by atoms with Crippen molar-refractivity contribution in [3.63, 3.8) is 0 Å². The molecule has 150 valence electrons. The minimum Gasteiger partial charge on any atom is -0.451 e. The Morgan fingerprint density at radius 2 is 1.72 bits per heavy atom. The first-order chi connectivity index (χ1) is 14.1. The Balaban J connectivity index is 1.70. The minimum atomic E-state index is -0.780. The Hall–Kier alpha value is -3.52. The average molecular weight is 395 g/mol. The molecule has 0 aliphatic carbocycles. The molecule has 1 amide bonds. The van der Waals surface area contributed by atoms with E-state index in [2.05, 4.69) is 10.2 Å². The smallest absolute Gasteiger partial charge is 0.359 e. The Morgan fingerprint density at radius 3 is 2.45 bits per heavy atom. The topological polar surface area (TPSA) is 102 Å². The molecular formula is C21H21N3O5. The summed E-state index contributed by atoms with van der Waals surface area (Å²) < 4.78 is 10.3. The molecule has 1 heterocycles. The first-order valence-corrected chi connectivity index (χ1v) is 9.05. The van der Waals surface area contributed by atoms with Gasteiger partial charge < -0.3 is 14.4 Å². The molecule has 0 unspecified atom stereocenters. The van der Waals surface area contributed by atoms with Crippen LogP contribution in [-0.4, -0.2) is 53.8 Å². The fourth-order valence-corrected chi connectivity index (χ4v) is 2.85. The van der Waals surface area contributed by atoms with E-state index in [1.165, 1.54) is 0 Å². The molecule has 0 atom stereocenters. The number of carbonyl (C=O) groups is 2. The van der Waals surface area contributed by atoms with Gasteiger partial charge in [0.05, 0.1) is 12.0 Å². The molecule has 0 spiro atoms. The van der Waals surface area contributed by atoms with Crippen LogP contribution in [0.15, 0.2) is 59.4 Å². The Kier molecular flexibility index (Phi) is 6.70. The first-order valence-electron chi connectivity index (χ1n) is 9.05. The highest BCUT2D eigenvalue weighted by Crippen LogP contribution is 2.13. The number of rotatable bonds is 8. The number of fused-ring (bicyclic) bond motifs is 1. The number of nitrogens with zero attached hydrogens (tertiary/aromatic N) is 2. The lowest BCUT2D eigenvalue weighted by Gasteiger charge is -2.22. The number of hydrogen-bond acceptors (Lipinski definition) is 6. The number of H-pyrrole nitrogens is 1. The largest absolute Gasteiger partial charge is 0.451 e. The van der Waals surface area contributed by atoms with Crippen LogP contribution in [0.2, 0.25) is 0 Å². The summed E-state index contributed by atoms with van der Waals surface area (Å²) >= 11 is 0. The highest BCUT2D eigenvalue weighted by molar-refractivity contribution is 6.02. The number of aromatic amines is 1. The Labute approximate surface area is 167 Å². The normalized spacial score (nSPS) is 10.7. The zero-order chi connectivity index (χ0) is 20.6. The Bertz CT molecular complexity index is 1050. The highest BCUT2D eigenvalue weighted by Gasteiger charge is 2.20. The van der Waals surface area contributed by atoms with Crippen molar-refractivity contribution in [3.8, 4) is 0 Å². The molecule has 0 bridgehead atoms. The van der Waals surface area contributed by atoms with Gasteiger partial charge in [-0.3, -0.25) is 9.59 Å². The third-order valence-corrected chi connectivity index (χ3v) is 4.35. The summed E-state index contributed by atoms with van der Waals surface area (Å²) in [6.45, 7) is 0.658. The lowest BCUT2D eigenvalue weighted by Crippen LogP contribution is -2.36. The van der Waals surface area contributed by atoms with Crippen LogP contribution in [0.4, 0.5) is 0 Å². The van der Waals surface area contributed by atoms with Crippen LogP contribution in [-0.2, 0) is 20.8 Å². The number of esters is 1. The van der Waals surface area contributed by atoms with Gasteiger partial charge in [-0.15, -0.1) is 0 Å². The van der Waals surface area contributed by atoms with E-state index >= 15 is 0 Å². The molecule has 1 N–H and O–H groups in total. The number of methoxy groups -OCH3 is 1. The fourth-order valence-electron chi connectivity index (χ4n) is 2.85. The SMILES string of the molecule is COCCN(Cc1ccccc1)C(=O)COC(=O)c1n[nH]c(=O)c2ccccc12. The maximum absolute atomic E-state index is 12.6. The van der Waals surface area contributed by atoms with Gasteiger partial charge in [0.2, 0.25) is 0 Å². The summed E-state index contributed by atoms with van der Waals surface area (Å²) in [6.07, 6.45) is 0. The minimum absolute atomic E-state index is 0.0421.